The zero-order chi connectivity index (χ0) is 13.4. The van der Waals surface area contributed by atoms with Gasteiger partial charge in [0.15, 0.2) is 0 Å². The number of hydrogen-bond donors (Lipinski definition) is 2. The van der Waals surface area contributed by atoms with Crippen LogP contribution in [-0.4, -0.2) is 29.8 Å². The Labute approximate surface area is 108 Å². The average molecular weight is 251 g/mol. The third kappa shape index (κ3) is 4.37. The van der Waals surface area contributed by atoms with E-state index in [0.717, 1.165) is 12.2 Å². The summed E-state index contributed by atoms with van der Waals surface area (Å²) in [4.78, 5) is 11.2. The van der Waals surface area contributed by atoms with Gasteiger partial charge in [-0.25, -0.2) is 0 Å². The van der Waals surface area contributed by atoms with Gasteiger partial charge < -0.3 is 9.84 Å². The molecule has 0 aliphatic heterocycles. The molecule has 0 spiro atoms. The van der Waals surface area contributed by atoms with Crippen molar-refractivity contribution in [2.45, 2.75) is 32.2 Å². The largest absolute Gasteiger partial charge is 0.492 e. The standard InChI is InChI=1S/C14H21NO3/c1-3-9-14(2,13(16)17)15-10-11-18-12-7-5-4-6-8-12/h4-8,15H,3,9-11H2,1-2H3,(H,16,17). The molecule has 0 aromatic heterocycles. The predicted molar refractivity (Wildman–Crippen MR) is 70.9 cm³/mol. The number of carbonyl (C=O) groups is 1. The molecule has 0 heterocycles. The summed E-state index contributed by atoms with van der Waals surface area (Å²) in [5, 5.41) is 12.2. The first-order chi connectivity index (χ1) is 8.58. The van der Waals surface area contributed by atoms with Gasteiger partial charge in [-0.05, 0) is 25.5 Å². The smallest absolute Gasteiger partial charge is 0.323 e. The molecule has 0 bridgehead atoms. The average Bonchev–Trinajstić information content (AvgIpc) is 2.36. The van der Waals surface area contributed by atoms with E-state index < -0.39 is 11.5 Å². The predicted octanol–water partition coefficient (Wildman–Crippen LogP) is 2.30. The minimum absolute atomic E-state index is 0.455. The van der Waals surface area contributed by atoms with Crippen LogP contribution in [0.2, 0.25) is 0 Å². The lowest BCUT2D eigenvalue weighted by molar-refractivity contribution is -0.144. The Balaban J connectivity index is 2.34. The molecule has 0 aliphatic carbocycles. The number of para-hydroxylation sites is 1. The van der Waals surface area contributed by atoms with E-state index in [1.54, 1.807) is 6.92 Å². The summed E-state index contributed by atoms with van der Waals surface area (Å²) in [6.07, 6.45) is 1.43. The highest BCUT2D eigenvalue weighted by Gasteiger charge is 2.30. The van der Waals surface area contributed by atoms with Crippen LogP contribution in [0.1, 0.15) is 26.7 Å². The molecule has 1 unspecified atom stereocenters. The third-order valence-corrected chi connectivity index (χ3v) is 2.85. The summed E-state index contributed by atoms with van der Waals surface area (Å²) in [7, 11) is 0. The molecule has 4 nitrogen and oxygen atoms in total. The SMILES string of the molecule is CCCC(C)(NCCOc1ccccc1)C(=O)O. The summed E-state index contributed by atoms with van der Waals surface area (Å²) >= 11 is 0. The summed E-state index contributed by atoms with van der Waals surface area (Å²) in [6.45, 7) is 4.65. The van der Waals surface area contributed by atoms with E-state index in [4.69, 9.17) is 4.74 Å². The molecule has 2 N–H and O–H groups in total. The van der Waals surface area contributed by atoms with E-state index in [1.807, 2.05) is 37.3 Å². The van der Waals surface area contributed by atoms with Crippen LogP contribution in [0.25, 0.3) is 0 Å². The number of carboxylic acid groups (broad SMARTS) is 1. The lowest BCUT2D eigenvalue weighted by Crippen LogP contribution is -2.50. The molecule has 1 rings (SSSR count). The molecule has 0 saturated heterocycles. The minimum atomic E-state index is -0.866. The Hall–Kier alpha value is -1.55. The second kappa shape index (κ2) is 7.01. The Kier molecular flexibility index (Phi) is 5.65. The van der Waals surface area contributed by atoms with Gasteiger partial charge in [0.05, 0.1) is 0 Å². The van der Waals surface area contributed by atoms with Gasteiger partial charge in [0, 0.05) is 6.54 Å². The zero-order valence-electron chi connectivity index (χ0n) is 11.0. The molecule has 0 radical (unpaired) electrons. The normalized spacial score (nSPS) is 13.9. The van der Waals surface area contributed by atoms with Crippen molar-refractivity contribution in [2.75, 3.05) is 13.2 Å². The monoisotopic (exact) mass is 251 g/mol. The Morgan fingerprint density at radius 3 is 2.61 bits per heavy atom. The van der Waals surface area contributed by atoms with Gasteiger partial charge in [0.1, 0.15) is 17.9 Å². The molecule has 0 aliphatic rings. The number of carboxylic acids is 1. The first kappa shape index (κ1) is 14.5. The summed E-state index contributed by atoms with van der Waals surface area (Å²) < 4.78 is 5.50. The Morgan fingerprint density at radius 2 is 2.06 bits per heavy atom. The lowest BCUT2D eigenvalue weighted by atomic mass is 9.96. The van der Waals surface area contributed by atoms with Gasteiger partial charge in [-0.3, -0.25) is 10.1 Å². The number of ether oxygens (including phenoxy) is 1. The second-order valence-electron chi connectivity index (χ2n) is 4.48. The maximum Gasteiger partial charge on any atom is 0.323 e. The summed E-state index contributed by atoms with van der Waals surface area (Å²) in [5.74, 6) is -0.0177. The van der Waals surface area contributed by atoms with E-state index in [-0.39, 0.29) is 0 Å². The number of nitrogens with one attached hydrogen (secondary N) is 1. The molecule has 0 amide bonds. The highest BCUT2D eigenvalue weighted by atomic mass is 16.5. The highest BCUT2D eigenvalue weighted by Crippen LogP contribution is 2.12. The Bertz CT molecular complexity index is 367. The number of hydrogen-bond acceptors (Lipinski definition) is 3. The van der Waals surface area contributed by atoms with Crippen molar-refractivity contribution in [3.63, 3.8) is 0 Å². The molecule has 1 aromatic rings. The molecule has 0 fully saturated rings. The van der Waals surface area contributed by atoms with Crippen molar-refractivity contribution in [2.24, 2.45) is 0 Å². The van der Waals surface area contributed by atoms with Crippen molar-refractivity contribution in [1.29, 1.82) is 0 Å². The molecule has 18 heavy (non-hydrogen) atoms. The van der Waals surface area contributed by atoms with Crippen LogP contribution in [0.4, 0.5) is 0 Å². The highest BCUT2D eigenvalue weighted by molar-refractivity contribution is 5.78. The van der Waals surface area contributed by atoms with E-state index in [0.29, 0.717) is 19.6 Å². The van der Waals surface area contributed by atoms with Gasteiger partial charge >= 0.3 is 5.97 Å². The van der Waals surface area contributed by atoms with Gasteiger partial charge in [-0.1, -0.05) is 31.5 Å². The van der Waals surface area contributed by atoms with Crippen LogP contribution in [0, 0.1) is 0 Å². The number of rotatable bonds is 8. The van der Waals surface area contributed by atoms with Crippen LogP contribution in [0.3, 0.4) is 0 Å². The molecular formula is C14H21NO3. The fraction of sp³-hybridized carbons (Fsp3) is 0.500. The van der Waals surface area contributed by atoms with E-state index >= 15 is 0 Å². The van der Waals surface area contributed by atoms with Crippen LogP contribution in [0.5, 0.6) is 5.75 Å². The van der Waals surface area contributed by atoms with E-state index in [2.05, 4.69) is 5.32 Å². The number of benzene rings is 1. The summed E-state index contributed by atoms with van der Waals surface area (Å²) in [6, 6.07) is 9.49. The quantitative estimate of drug-likeness (QED) is 0.696. The van der Waals surface area contributed by atoms with E-state index in [1.165, 1.54) is 0 Å². The maximum absolute atomic E-state index is 11.2. The molecular weight excluding hydrogens is 230 g/mol. The van der Waals surface area contributed by atoms with Crippen LogP contribution in [-0.2, 0) is 4.79 Å². The van der Waals surface area contributed by atoms with E-state index in [9.17, 15) is 9.90 Å². The fourth-order valence-corrected chi connectivity index (χ4v) is 1.78. The first-order valence-corrected chi connectivity index (χ1v) is 6.25. The maximum atomic E-state index is 11.2. The third-order valence-electron chi connectivity index (χ3n) is 2.85. The van der Waals surface area contributed by atoms with Crippen molar-refractivity contribution in [1.82, 2.24) is 5.32 Å². The van der Waals surface area contributed by atoms with Gasteiger partial charge in [-0.2, -0.15) is 0 Å². The van der Waals surface area contributed by atoms with Gasteiger partial charge in [0.2, 0.25) is 0 Å². The van der Waals surface area contributed by atoms with Crippen LogP contribution < -0.4 is 10.1 Å². The number of aliphatic carboxylic acids is 1. The van der Waals surface area contributed by atoms with Crippen molar-refractivity contribution in [3.8, 4) is 5.75 Å². The Morgan fingerprint density at radius 1 is 1.39 bits per heavy atom. The topological polar surface area (TPSA) is 58.6 Å². The minimum Gasteiger partial charge on any atom is -0.492 e. The lowest BCUT2D eigenvalue weighted by Gasteiger charge is -2.25. The van der Waals surface area contributed by atoms with Crippen molar-refractivity contribution >= 4 is 5.97 Å². The zero-order valence-corrected chi connectivity index (χ0v) is 11.0. The molecule has 1 atom stereocenters. The fourth-order valence-electron chi connectivity index (χ4n) is 1.78. The molecule has 100 valence electrons. The van der Waals surface area contributed by atoms with Gasteiger partial charge in [0.25, 0.3) is 0 Å². The van der Waals surface area contributed by atoms with Crippen molar-refractivity contribution in [3.05, 3.63) is 30.3 Å². The second-order valence-corrected chi connectivity index (χ2v) is 4.48. The van der Waals surface area contributed by atoms with Crippen molar-refractivity contribution < 1.29 is 14.6 Å². The first-order valence-electron chi connectivity index (χ1n) is 6.25. The van der Waals surface area contributed by atoms with Crippen LogP contribution >= 0.6 is 0 Å². The molecule has 0 saturated carbocycles. The molecule has 4 heteroatoms. The molecule has 1 aromatic carbocycles. The van der Waals surface area contributed by atoms with Gasteiger partial charge in [-0.15, -0.1) is 0 Å². The van der Waals surface area contributed by atoms with Crippen LogP contribution in [0.15, 0.2) is 30.3 Å². The summed E-state index contributed by atoms with van der Waals surface area (Å²) in [5.41, 5.74) is -0.866.